The first kappa shape index (κ1) is 21.5. The fourth-order valence-corrected chi connectivity index (χ4v) is 3.55. The summed E-state index contributed by atoms with van der Waals surface area (Å²) in [5, 5.41) is -0.676. The van der Waals surface area contributed by atoms with Crippen molar-refractivity contribution in [3.05, 3.63) is 47.0 Å². The van der Waals surface area contributed by atoms with Crippen molar-refractivity contribution in [2.75, 3.05) is 7.05 Å². The van der Waals surface area contributed by atoms with E-state index in [9.17, 15) is 34.8 Å². The van der Waals surface area contributed by atoms with Crippen LogP contribution in [0.2, 0.25) is 5.02 Å². The van der Waals surface area contributed by atoms with Gasteiger partial charge in [-0.15, -0.1) is 0 Å². The Balaban J connectivity index is 2.32. The molecule has 2 rings (SSSR count). The minimum atomic E-state index is -4.87. The molecule has 2 aromatic rings. The summed E-state index contributed by atoms with van der Waals surface area (Å²) in [7, 11) is -3.42. The Kier molecular flexibility index (Phi) is 5.83. The van der Waals surface area contributed by atoms with Crippen LogP contribution in [-0.4, -0.2) is 35.5 Å². The highest BCUT2D eigenvalue weighted by Crippen LogP contribution is 2.36. The summed E-state index contributed by atoms with van der Waals surface area (Å²) in [6.07, 6.45) is -7.34. The van der Waals surface area contributed by atoms with E-state index in [1.165, 1.54) is 0 Å². The van der Waals surface area contributed by atoms with Crippen molar-refractivity contribution >= 4 is 21.6 Å². The highest BCUT2D eigenvalue weighted by atomic mass is 35.5. The molecule has 27 heavy (non-hydrogen) atoms. The van der Waals surface area contributed by atoms with Gasteiger partial charge in [-0.25, -0.2) is 13.4 Å². The van der Waals surface area contributed by atoms with Crippen LogP contribution in [0.4, 0.5) is 26.3 Å². The van der Waals surface area contributed by atoms with Crippen LogP contribution in [0.25, 0.3) is 0 Å². The number of sulfonamides is 1. The zero-order chi connectivity index (χ0) is 20.6. The van der Waals surface area contributed by atoms with Crippen LogP contribution in [-0.2, 0) is 29.3 Å². The maximum absolute atomic E-state index is 12.9. The number of hydrogen-bond donors (Lipinski definition) is 0. The number of hydrogen-bond acceptors (Lipinski definition) is 3. The lowest BCUT2D eigenvalue weighted by molar-refractivity contribution is -0.141. The number of imidazole rings is 1. The van der Waals surface area contributed by atoms with Crippen molar-refractivity contribution in [3.63, 3.8) is 0 Å². The van der Waals surface area contributed by atoms with Gasteiger partial charge >= 0.3 is 12.4 Å². The lowest BCUT2D eigenvalue weighted by Crippen LogP contribution is -2.29. The molecular weight excluding hydrogens is 424 g/mol. The van der Waals surface area contributed by atoms with Gasteiger partial charge in [0.1, 0.15) is 12.4 Å². The Morgan fingerprint density at radius 2 is 1.81 bits per heavy atom. The predicted molar refractivity (Wildman–Crippen MR) is 83.4 cm³/mol. The van der Waals surface area contributed by atoms with Crippen molar-refractivity contribution in [2.45, 2.75) is 30.3 Å². The van der Waals surface area contributed by atoms with Crippen molar-refractivity contribution < 1.29 is 34.8 Å². The van der Waals surface area contributed by atoms with E-state index in [4.69, 9.17) is 11.6 Å². The van der Waals surface area contributed by atoms with Gasteiger partial charge in [0.25, 0.3) is 0 Å². The van der Waals surface area contributed by atoms with E-state index in [0.717, 1.165) is 31.6 Å². The summed E-state index contributed by atoms with van der Waals surface area (Å²) >= 11 is 5.46. The monoisotopic (exact) mass is 435 g/mol. The Bertz CT molecular complexity index is 924. The number of aromatic nitrogens is 2. The van der Waals surface area contributed by atoms with E-state index in [1.807, 2.05) is 0 Å². The molecule has 0 spiro atoms. The lowest BCUT2D eigenvalue weighted by Gasteiger charge is -2.19. The minimum Gasteiger partial charge on any atom is -0.325 e. The zero-order valence-corrected chi connectivity index (χ0v) is 15.1. The molecule has 5 nitrogen and oxygen atoms in total. The van der Waals surface area contributed by atoms with Crippen LogP contribution in [0.1, 0.15) is 11.4 Å². The summed E-state index contributed by atoms with van der Waals surface area (Å²) in [4.78, 5) is 2.98. The first-order chi connectivity index (χ1) is 12.2. The molecule has 1 aromatic carbocycles. The van der Waals surface area contributed by atoms with Gasteiger partial charge < -0.3 is 4.57 Å². The molecule has 13 heteroatoms. The van der Waals surface area contributed by atoms with Crippen LogP contribution in [0, 0.1) is 0 Å². The van der Waals surface area contributed by atoms with Crippen molar-refractivity contribution in [1.29, 1.82) is 0 Å². The molecule has 0 fully saturated rings. The van der Waals surface area contributed by atoms with Crippen molar-refractivity contribution in [1.82, 2.24) is 13.9 Å². The number of alkyl halides is 6. The maximum atomic E-state index is 12.9. The summed E-state index contributed by atoms with van der Waals surface area (Å²) in [6.45, 7) is -1.95. The van der Waals surface area contributed by atoms with Crippen LogP contribution < -0.4 is 0 Å². The third-order valence-electron chi connectivity index (χ3n) is 3.47. The molecule has 0 aliphatic rings. The Morgan fingerprint density at radius 1 is 1.19 bits per heavy atom. The van der Waals surface area contributed by atoms with Crippen LogP contribution in [0.15, 0.2) is 35.5 Å². The van der Waals surface area contributed by atoms with Crippen LogP contribution in [0.5, 0.6) is 0 Å². The van der Waals surface area contributed by atoms with Crippen molar-refractivity contribution in [3.8, 4) is 0 Å². The molecule has 150 valence electrons. The number of halogens is 7. The Hall–Kier alpha value is -1.79. The third kappa shape index (κ3) is 5.14. The lowest BCUT2D eigenvalue weighted by atomic mass is 10.2. The molecule has 0 N–H and O–H groups in total. The fourth-order valence-electron chi connectivity index (χ4n) is 2.17. The molecule has 1 aromatic heterocycles. The van der Waals surface area contributed by atoms with Crippen LogP contribution >= 0.6 is 11.6 Å². The summed E-state index contributed by atoms with van der Waals surface area (Å²) < 4.78 is 103. The molecule has 0 amide bonds. The number of rotatable bonds is 5. The van der Waals surface area contributed by atoms with E-state index in [-0.39, 0.29) is 5.82 Å². The highest BCUT2D eigenvalue weighted by molar-refractivity contribution is 7.89. The molecule has 0 aliphatic carbocycles. The summed E-state index contributed by atoms with van der Waals surface area (Å²) in [5.41, 5.74) is -1.34. The number of benzene rings is 1. The third-order valence-corrected chi connectivity index (χ3v) is 5.60. The molecular formula is C14H12ClF6N3O2S. The average Bonchev–Trinajstić information content (AvgIpc) is 2.91. The van der Waals surface area contributed by atoms with Gasteiger partial charge in [-0.3, -0.25) is 0 Å². The van der Waals surface area contributed by atoms with Gasteiger partial charge in [0.05, 0.1) is 22.0 Å². The van der Waals surface area contributed by atoms with Gasteiger partial charge in [-0.1, -0.05) is 11.6 Å². The van der Waals surface area contributed by atoms with Gasteiger partial charge in [-0.2, -0.15) is 30.6 Å². The number of nitrogens with zero attached hydrogens (tertiary/aromatic N) is 3. The molecule has 0 radical (unpaired) electrons. The van der Waals surface area contributed by atoms with E-state index >= 15 is 0 Å². The first-order valence-corrected chi connectivity index (χ1v) is 8.93. The topological polar surface area (TPSA) is 55.2 Å². The van der Waals surface area contributed by atoms with E-state index in [1.54, 1.807) is 0 Å². The Morgan fingerprint density at radius 3 is 2.37 bits per heavy atom. The second-order valence-corrected chi connectivity index (χ2v) is 7.94. The van der Waals surface area contributed by atoms with Crippen LogP contribution in [0.3, 0.4) is 0 Å². The molecule has 0 unspecified atom stereocenters. The van der Waals surface area contributed by atoms with Gasteiger partial charge in [0, 0.05) is 19.4 Å². The van der Waals surface area contributed by atoms with E-state index < -0.39 is 50.9 Å². The molecule has 0 bridgehead atoms. The quantitative estimate of drug-likeness (QED) is 0.669. The minimum absolute atomic E-state index is 0.219. The van der Waals surface area contributed by atoms with Gasteiger partial charge in [-0.05, 0) is 18.2 Å². The summed E-state index contributed by atoms with van der Waals surface area (Å²) in [5.74, 6) is -0.219. The molecule has 0 atom stereocenters. The molecule has 0 aliphatic heterocycles. The SMILES string of the molecule is CN(Cc1nccn1CC(F)(F)F)S(=O)(=O)c1ccc(Cl)c(C(F)(F)F)c1. The zero-order valence-electron chi connectivity index (χ0n) is 13.5. The Labute approximate surface area is 155 Å². The normalized spacial score (nSPS) is 13.4. The standard InChI is InChI=1S/C14H12ClF6N3O2S/c1-23(7-12-22-4-5-24(12)8-13(16,17)18)27(25,26)9-2-3-11(15)10(6-9)14(19,20)21/h2-6H,7-8H2,1H3. The fraction of sp³-hybridized carbons (Fsp3) is 0.357. The average molecular weight is 436 g/mol. The first-order valence-electron chi connectivity index (χ1n) is 7.11. The second-order valence-electron chi connectivity index (χ2n) is 5.49. The molecule has 0 saturated heterocycles. The van der Waals surface area contributed by atoms with Gasteiger partial charge in [0.15, 0.2) is 0 Å². The van der Waals surface area contributed by atoms with Crippen molar-refractivity contribution in [2.24, 2.45) is 0 Å². The highest BCUT2D eigenvalue weighted by Gasteiger charge is 2.35. The molecule has 0 saturated carbocycles. The largest absolute Gasteiger partial charge is 0.417 e. The van der Waals surface area contributed by atoms with Gasteiger partial charge in [0.2, 0.25) is 10.0 Å². The summed E-state index contributed by atoms with van der Waals surface area (Å²) in [6, 6.07) is 2.04. The smallest absolute Gasteiger partial charge is 0.325 e. The second kappa shape index (κ2) is 7.32. The predicted octanol–water partition coefficient (Wildman–Crippen LogP) is 3.94. The van der Waals surface area contributed by atoms with E-state index in [0.29, 0.717) is 14.9 Å². The maximum Gasteiger partial charge on any atom is 0.417 e. The molecule has 1 heterocycles. The van der Waals surface area contributed by atoms with E-state index in [2.05, 4.69) is 4.98 Å².